The number of rotatable bonds is 7. The zero-order valence-electron chi connectivity index (χ0n) is 17.1. The average Bonchev–Trinajstić information content (AvgIpc) is 3.09. The third-order valence-corrected chi connectivity index (χ3v) is 5.19. The Bertz CT molecular complexity index is 850. The van der Waals surface area contributed by atoms with Crippen LogP contribution >= 0.6 is 0 Å². The van der Waals surface area contributed by atoms with Gasteiger partial charge in [0.05, 0.1) is 5.69 Å². The Hall–Kier alpha value is -2.63. The SMILES string of the molecule is CCCN(CCC)C(=O)c1nc(C(=O)Nc2ccccc2C)c2n1CCCC2. The van der Waals surface area contributed by atoms with Gasteiger partial charge in [-0.15, -0.1) is 0 Å². The second-order valence-electron chi connectivity index (χ2n) is 7.40. The van der Waals surface area contributed by atoms with Crippen molar-refractivity contribution in [2.45, 2.75) is 59.4 Å². The number of anilines is 1. The molecule has 6 nitrogen and oxygen atoms in total. The second kappa shape index (κ2) is 9.04. The molecule has 0 spiro atoms. The number of imidazole rings is 1. The van der Waals surface area contributed by atoms with Gasteiger partial charge in [-0.3, -0.25) is 9.59 Å². The van der Waals surface area contributed by atoms with E-state index in [2.05, 4.69) is 24.1 Å². The molecule has 0 fully saturated rings. The Morgan fingerprint density at radius 1 is 1.14 bits per heavy atom. The van der Waals surface area contributed by atoms with Crippen LogP contribution in [0.1, 0.15) is 71.9 Å². The summed E-state index contributed by atoms with van der Waals surface area (Å²) in [6, 6.07) is 7.68. The molecule has 0 atom stereocenters. The Kier molecular flexibility index (Phi) is 6.49. The lowest BCUT2D eigenvalue weighted by Gasteiger charge is -2.23. The van der Waals surface area contributed by atoms with Crippen LogP contribution in [0.3, 0.4) is 0 Å². The highest BCUT2D eigenvalue weighted by molar-refractivity contribution is 6.05. The summed E-state index contributed by atoms with van der Waals surface area (Å²) in [6.07, 6.45) is 4.60. The highest BCUT2D eigenvalue weighted by Gasteiger charge is 2.29. The number of carbonyl (C=O) groups is 2. The molecule has 150 valence electrons. The Morgan fingerprint density at radius 2 is 1.86 bits per heavy atom. The third-order valence-electron chi connectivity index (χ3n) is 5.19. The Balaban J connectivity index is 1.93. The lowest BCUT2D eigenvalue weighted by Crippen LogP contribution is -2.35. The van der Waals surface area contributed by atoms with Crippen molar-refractivity contribution in [2.75, 3.05) is 18.4 Å². The number of nitrogens with zero attached hydrogens (tertiary/aromatic N) is 3. The van der Waals surface area contributed by atoms with Crippen molar-refractivity contribution >= 4 is 17.5 Å². The summed E-state index contributed by atoms with van der Waals surface area (Å²) in [5.74, 6) is 0.102. The summed E-state index contributed by atoms with van der Waals surface area (Å²) in [4.78, 5) is 32.6. The first kappa shape index (κ1) is 20.1. The molecule has 3 rings (SSSR count). The molecule has 0 aliphatic carbocycles. The van der Waals surface area contributed by atoms with Crippen LogP contribution in [-0.4, -0.2) is 39.4 Å². The maximum Gasteiger partial charge on any atom is 0.289 e. The van der Waals surface area contributed by atoms with Crippen molar-refractivity contribution in [1.82, 2.24) is 14.5 Å². The monoisotopic (exact) mass is 382 g/mol. The highest BCUT2D eigenvalue weighted by atomic mass is 16.2. The van der Waals surface area contributed by atoms with Gasteiger partial charge in [0.1, 0.15) is 0 Å². The summed E-state index contributed by atoms with van der Waals surface area (Å²) < 4.78 is 1.97. The quantitative estimate of drug-likeness (QED) is 0.786. The number of amides is 2. The van der Waals surface area contributed by atoms with Crippen LogP contribution in [0.25, 0.3) is 0 Å². The molecule has 1 aliphatic heterocycles. The predicted octanol–water partition coefficient (Wildman–Crippen LogP) is 4.04. The fraction of sp³-hybridized carbons (Fsp3) is 0.500. The maximum absolute atomic E-state index is 13.2. The van der Waals surface area contributed by atoms with E-state index in [1.807, 2.05) is 40.7 Å². The minimum absolute atomic E-state index is 0.0678. The number of hydrogen-bond acceptors (Lipinski definition) is 3. The van der Waals surface area contributed by atoms with Gasteiger partial charge >= 0.3 is 0 Å². The predicted molar refractivity (Wildman–Crippen MR) is 111 cm³/mol. The van der Waals surface area contributed by atoms with Gasteiger partial charge in [0.2, 0.25) is 0 Å². The lowest BCUT2D eigenvalue weighted by molar-refractivity contribution is 0.0737. The third kappa shape index (κ3) is 4.11. The first-order valence-corrected chi connectivity index (χ1v) is 10.3. The normalized spacial score (nSPS) is 13.1. The molecule has 0 saturated heterocycles. The molecule has 2 heterocycles. The van der Waals surface area contributed by atoms with Crippen LogP contribution in [0.4, 0.5) is 5.69 Å². The van der Waals surface area contributed by atoms with Crippen molar-refractivity contribution < 1.29 is 9.59 Å². The van der Waals surface area contributed by atoms with E-state index in [9.17, 15) is 9.59 Å². The molecule has 1 N–H and O–H groups in total. The van der Waals surface area contributed by atoms with Gasteiger partial charge in [-0.1, -0.05) is 32.0 Å². The molecule has 0 saturated carbocycles. The van der Waals surface area contributed by atoms with Crippen molar-refractivity contribution in [1.29, 1.82) is 0 Å². The number of aromatic nitrogens is 2. The fourth-order valence-corrected chi connectivity index (χ4v) is 3.78. The van der Waals surface area contributed by atoms with Crippen LogP contribution in [0.15, 0.2) is 24.3 Å². The Morgan fingerprint density at radius 3 is 2.54 bits per heavy atom. The van der Waals surface area contributed by atoms with Crippen molar-refractivity contribution in [3.63, 3.8) is 0 Å². The summed E-state index contributed by atoms with van der Waals surface area (Å²) in [6.45, 7) is 8.25. The molecular formula is C22H30N4O2. The zero-order valence-corrected chi connectivity index (χ0v) is 17.1. The number of para-hydroxylation sites is 1. The molecule has 2 aromatic rings. The standard InChI is InChI=1S/C22H30N4O2/c1-4-13-25(14-5-2)22(28)20-24-19(18-12-8-9-15-26(18)20)21(27)23-17-11-7-6-10-16(17)3/h6-7,10-11H,4-5,8-9,12-15H2,1-3H3,(H,23,27). The van der Waals surface area contributed by atoms with E-state index in [1.165, 1.54) is 0 Å². The van der Waals surface area contributed by atoms with E-state index in [4.69, 9.17) is 0 Å². The summed E-state index contributed by atoms with van der Waals surface area (Å²) >= 11 is 0. The van der Waals surface area contributed by atoms with Crippen LogP contribution < -0.4 is 5.32 Å². The minimum Gasteiger partial charge on any atom is -0.336 e. The first-order valence-electron chi connectivity index (χ1n) is 10.3. The summed E-state index contributed by atoms with van der Waals surface area (Å²) in [5.41, 5.74) is 3.04. The van der Waals surface area contributed by atoms with Crippen LogP contribution in [-0.2, 0) is 13.0 Å². The number of benzene rings is 1. The lowest BCUT2D eigenvalue weighted by atomic mass is 10.1. The number of carbonyl (C=O) groups excluding carboxylic acids is 2. The first-order chi connectivity index (χ1) is 13.6. The van der Waals surface area contributed by atoms with Gasteiger partial charge < -0.3 is 14.8 Å². The second-order valence-corrected chi connectivity index (χ2v) is 7.40. The van der Waals surface area contributed by atoms with E-state index < -0.39 is 0 Å². The number of fused-ring (bicyclic) bond motifs is 1. The topological polar surface area (TPSA) is 67.2 Å². The Labute approximate surface area is 166 Å². The van der Waals surface area contributed by atoms with E-state index in [0.717, 1.165) is 55.6 Å². The molecule has 1 aromatic heterocycles. The molecule has 1 aromatic carbocycles. The van der Waals surface area contributed by atoms with E-state index >= 15 is 0 Å². The van der Waals surface area contributed by atoms with Crippen LogP contribution in [0, 0.1) is 6.92 Å². The molecule has 0 bridgehead atoms. The molecule has 0 unspecified atom stereocenters. The smallest absolute Gasteiger partial charge is 0.289 e. The zero-order chi connectivity index (χ0) is 20.1. The van der Waals surface area contributed by atoms with E-state index in [1.54, 1.807) is 0 Å². The van der Waals surface area contributed by atoms with Crippen molar-refractivity contribution in [2.24, 2.45) is 0 Å². The summed E-state index contributed by atoms with van der Waals surface area (Å²) in [7, 11) is 0. The summed E-state index contributed by atoms with van der Waals surface area (Å²) in [5, 5.41) is 2.97. The van der Waals surface area contributed by atoms with Crippen molar-refractivity contribution in [3.8, 4) is 0 Å². The van der Waals surface area contributed by atoms with E-state index in [-0.39, 0.29) is 11.8 Å². The van der Waals surface area contributed by atoms with Gasteiger partial charge in [-0.25, -0.2) is 4.98 Å². The number of aryl methyl sites for hydroxylation is 1. The van der Waals surface area contributed by atoms with Crippen LogP contribution in [0.5, 0.6) is 0 Å². The van der Waals surface area contributed by atoms with Gasteiger partial charge in [-0.05, 0) is 50.7 Å². The molecule has 6 heteroatoms. The van der Waals surface area contributed by atoms with Gasteiger partial charge in [0.15, 0.2) is 11.5 Å². The van der Waals surface area contributed by atoms with Crippen molar-refractivity contribution in [3.05, 3.63) is 47.0 Å². The largest absolute Gasteiger partial charge is 0.336 e. The molecular weight excluding hydrogens is 352 g/mol. The number of hydrogen-bond donors (Lipinski definition) is 1. The maximum atomic E-state index is 13.2. The van der Waals surface area contributed by atoms with Gasteiger partial charge in [-0.2, -0.15) is 0 Å². The molecule has 28 heavy (non-hydrogen) atoms. The van der Waals surface area contributed by atoms with Gasteiger partial charge in [0, 0.05) is 25.3 Å². The molecule has 2 amide bonds. The highest BCUT2D eigenvalue weighted by Crippen LogP contribution is 2.24. The van der Waals surface area contributed by atoms with Gasteiger partial charge in [0.25, 0.3) is 11.8 Å². The minimum atomic E-state index is -0.239. The fourth-order valence-electron chi connectivity index (χ4n) is 3.78. The molecule has 1 aliphatic rings. The molecule has 0 radical (unpaired) electrons. The van der Waals surface area contributed by atoms with Crippen LogP contribution in [0.2, 0.25) is 0 Å². The van der Waals surface area contributed by atoms with E-state index in [0.29, 0.717) is 24.6 Å². The number of nitrogens with one attached hydrogen (secondary N) is 1. The average molecular weight is 383 g/mol.